The molecule has 0 radical (unpaired) electrons. The molecule has 0 fully saturated rings. The maximum Gasteiger partial charge on any atom is 0.257 e. The van der Waals surface area contributed by atoms with Gasteiger partial charge in [-0.15, -0.1) is 0 Å². The molecule has 1 amide bonds. The molecule has 2 aromatic rings. The summed E-state index contributed by atoms with van der Waals surface area (Å²) in [5.41, 5.74) is 0.923. The van der Waals surface area contributed by atoms with Gasteiger partial charge in [-0.05, 0) is 32.0 Å². The second-order valence-corrected chi connectivity index (χ2v) is 8.50. The molecule has 1 aromatic carbocycles. The van der Waals surface area contributed by atoms with E-state index in [-0.39, 0.29) is 16.1 Å². The third-order valence-corrected chi connectivity index (χ3v) is 5.87. The maximum atomic E-state index is 12.1. The maximum absolute atomic E-state index is 12.1. The number of sulfonamides is 1. The number of hydrogen-bond acceptors (Lipinski definition) is 6. The number of benzene rings is 1. The minimum atomic E-state index is -3.52. The Hall–Kier alpha value is -1.58. The molecular formula is C14H19N3O4S2. The van der Waals surface area contributed by atoms with Gasteiger partial charge in [0.25, 0.3) is 5.22 Å². The lowest BCUT2D eigenvalue weighted by molar-refractivity contribution is -0.120. The first-order valence-corrected chi connectivity index (χ1v) is 9.35. The highest BCUT2D eigenvalue weighted by molar-refractivity contribution is 8.00. The minimum Gasteiger partial charge on any atom is -0.431 e. The van der Waals surface area contributed by atoms with Crippen LogP contribution >= 0.6 is 11.8 Å². The number of rotatable bonds is 6. The predicted molar refractivity (Wildman–Crippen MR) is 88.9 cm³/mol. The molecule has 1 heterocycles. The SMILES string of the molecule is CCNC(=O)[C@@H](C)Sc1nc2cc(S(=O)(=O)N(C)C)ccc2o1. The molecule has 0 aliphatic heterocycles. The largest absolute Gasteiger partial charge is 0.431 e. The Balaban J connectivity index is 2.28. The van der Waals surface area contributed by atoms with Crippen LogP contribution in [0, 0.1) is 0 Å². The standard InChI is InChI=1S/C14H19N3O4S2/c1-5-15-13(18)9(2)22-14-16-11-8-10(6-7-12(11)21-14)23(19,20)17(3)4/h6-9H,5H2,1-4H3,(H,15,18)/t9-/m1/s1. The number of nitrogens with one attached hydrogen (secondary N) is 1. The van der Waals surface area contributed by atoms with Crippen molar-refractivity contribution in [1.29, 1.82) is 0 Å². The van der Waals surface area contributed by atoms with Crippen molar-refractivity contribution >= 4 is 38.8 Å². The van der Waals surface area contributed by atoms with Crippen molar-refractivity contribution in [3.63, 3.8) is 0 Å². The monoisotopic (exact) mass is 357 g/mol. The van der Waals surface area contributed by atoms with E-state index in [1.54, 1.807) is 13.0 Å². The minimum absolute atomic E-state index is 0.101. The number of thioether (sulfide) groups is 1. The molecule has 7 nitrogen and oxygen atoms in total. The highest BCUT2D eigenvalue weighted by atomic mass is 32.2. The van der Waals surface area contributed by atoms with E-state index in [1.165, 1.54) is 38.0 Å². The van der Waals surface area contributed by atoms with Gasteiger partial charge in [-0.25, -0.2) is 17.7 Å². The molecule has 2 rings (SSSR count). The zero-order chi connectivity index (χ0) is 17.2. The lowest BCUT2D eigenvalue weighted by Gasteiger charge is -2.10. The number of fused-ring (bicyclic) bond motifs is 1. The van der Waals surface area contributed by atoms with Crippen molar-refractivity contribution in [3.8, 4) is 0 Å². The van der Waals surface area contributed by atoms with E-state index in [4.69, 9.17) is 4.42 Å². The number of carbonyl (C=O) groups is 1. The van der Waals surface area contributed by atoms with Crippen LogP contribution in [0.5, 0.6) is 0 Å². The molecule has 1 aromatic heterocycles. The Kier molecular flexibility index (Phi) is 5.33. The highest BCUT2D eigenvalue weighted by Gasteiger charge is 2.20. The van der Waals surface area contributed by atoms with Crippen LogP contribution < -0.4 is 5.32 Å². The van der Waals surface area contributed by atoms with Crippen molar-refractivity contribution in [2.75, 3.05) is 20.6 Å². The number of hydrogen-bond donors (Lipinski definition) is 1. The summed E-state index contributed by atoms with van der Waals surface area (Å²) in [4.78, 5) is 16.1. The summed E-state index contributed by atoms with van der Waals surface area (Å²) >= 11 is 1.19. The van der Waals surface area contributed by atoms with Crippen molar-refractivity contribution in [3.05, 3.63) is 18.2 Å². The summed E-state index contributed by atoms with van der Waals surface area (Å²) in [7, 11) is -0.582. The van der Waals surface area contributed by atoms with Crippen molar-refractivity contribution < 1.29 is 17.6 Å². The zero-order valence-electron chi connectivity index (χ0n) is 13.4. The van der Waals surface area contributed by atoms with Gasteiger partial charge >= 0.3 is 0 Å². The fourth-order valence-electron chi connectivity index (χ4n) is 1.83. The topological polar surface area (TPSA) is 92.5 Å². The van der Waals surface area contributed by atoms with Crippen LogP contribution in [-0.2, 0) is 14.8 Å². The second-order valence-electron chi connectivity index (χ2n) is 5.05. The molecule has 0 saturated carbocycles. The van der Waals surface area contributed by atoms with Gasteiger partial charge in [0.15, 0.2) is 5.58 Å². The van der Waals surface area contributed by atoms with Crippen LogP contribution in [0.2, 0.25) is 0 Å². The molecule has 0 aliphatic carbocycles. The number of amides is 1. The average Bonchev–Trinajstić information content (AvgIpc) is 2.88. The second kappa shape index (κ2) is 6.90. The molecule has 0 bridgehead atoms. The summed E-state index contributed by atoms with van der Waals surface area (Å²) in [6, 6.07) is 4.51. The van der Waals surface area contributed by atoms with Crippen molar-refractivity contribution in [2.24, 2.45) is 0 Å². The first-order chi connectivity index (χ1) is 10.8. The zero-order valence-corrected chi connectivity index (χ0v) is 15.0. The molecule has 23 heavy (non-hydrogen) atoms. The van der Waals surface area contributed by atoms with Gasteiger partial charge in [-0.1, -0.05) is 11.8 Å². The Morgan fingerprint density at radius 3 is 2.74 bits per heavy atom. The lowest BCUT2D eigenvalue weighted by Crippen LogP contribution is -2.30. The number of oxazole rings is 1. The Labute approximate surface area is 139 Å². The number of aromatic nitrogens is 1. The summed E-state index contributed by atoms with van der Waals surface area (Å²) in [5.74, 6) is -0.101. The number of carbonyl (C=O) groups excluding carboxylic acids is 1. The number of nitrogens with zero attached hydrogens (tertiary/aromatic N) is 2. The highest BCUT2D eigenvalue weighted by Crippen LogP contribution is 2.28. The van der Waals surface area contributed by atoms with E-state index in [0.29, 0.717) is 22.9 Å². The van der Waals surface area contributed by atoms with Gasteiger partial charge in [0.1, 0.15) is 5.52 Å². The average molecular weight is 357 g/mol. The van der Waals surface area contributed by atoms with Gasteiger partial charge in [0.2, 0.25) is 15.9 Å². The molecular weight excluding hydrogens is 338 g/mol. The fraction of sp³-hybridized carbons (Fsp3) is 0.429. The third kappa shape index (κ3) is 3.85. The molecule has 1 N–H and O–H groups in total. The Bertz CT molecular complexity index is 815. The van der Waals surface area contributed by atoms with Crippen LogP contribution in [0.15, 0.2) is 32.7 Å². The first kappa shape index (κ1) is 17.8. The lowest BCUT2D eigenvalue weighted by atomic mass is 10.3. The Morgan fingerprint density at radius 2 is 2.13 bits per heavy atom. The smallest absolute Gasteiger partial charge is 0.257 e. The molecule has 1 atom stereocenters. The Morgan fingerprint density at radius 1 is 1.43 bits per heavy atom. The quantitative estimate of drug-likeness (QED) is 0.791. The van der Waals surface area contributed by atoms with Crippen molar-refractivity contribution in [2.45, 2.75) is 29.2 Å². The van der Waals surface area contributed by atoms with E-state index in [1.807, 2.05) is 6.92 Å². The summed E-state index contributed by atoms with van der Waals surface area (Å²) < 4.78 is 31.0. The van der Waals surface area contributed by atoms with Crippen molar-refractivity contribution in [1.82, 2.24) is 14.6 Å². The van der Waals surface area contributed by atoms with Gasteiger partial charge in [0, 0.05) is 20.6 Å². The normalized spacial score (nSPS) is 13.4. The molecule has 0 aliphatic rings. The van der Waals surface area contributed by atoms with Crippen LogP contribution in [0.1, 0.15) is 13.8 Å². The van der Waals surface area contributed by atoms with Gasteiger partial charge in [-0.2, -0.15) is 0 Å². The van der Waals surface area contributed by atoms with E-state index in [0.717, 1.165) is 4.31 Å². The van der Waals surface area contributed by atoms with Gasteiger partial charge in [-0.3, -0.25) is 4.79 Å². The molecule has 0 spiro atoms. The molecule has 0 saturated heterocycles. The van der Waals surface area contributed by atoms with Crippen LogP contribution in [0.3, 0.4) is 0 Å². The van der Waals surface area contributed by atoms with Crippen LogP contribution in [0.4, 0.5) is 0 Å². The van der Waals surface area contributed by atoms with Crippen LogP contribution in [-0.4, -0.2) is 49.5 Å². The summed E-state index contributed by atoms with van der Waals surface area (Å²) in [5, 5.41) is 2.70. The predicted octanol–water partition coefficient (Wildman–Crippen LogP) is 1.69. The van der Waals surface area contributed by atoms with E-state index in [2.05, 4.69) is 10.3 Å². The first-order valence-electron chi connectivity index (χ1n) is 7.03. The fourth-order valence-corrected chi connectivity index (χ4v) is 3.53. The molecule has 0 unspecified atom stereocenters. The molecule has 126 valence electrons. The van der Waals surface area contributed by atoms with Gasteiger partial charge < -0.3 is 9.73 Å². The van der Waals surface area contributed by atoms with E-state index in [9.17, 15) is 13.2 Å². The third-order valence-electron chi connectivity index (χ3n) is 3.12. The van der Waals surface area contributed by atoms with Crippen LogP contribution in [0.25, 0.3) is 11.1 Å². The summed E-state index contributed by atoms with van der Waals surface area (Å²) in [6.45, 7) is 4.16. The van der Waals surface area contributed by atoms with E-state index < -0.39 is 10.0 Å². The van der Waals surface area contributed by atoms with E-state index >= 15 is 0 Å². The summed E-state index contributed by atoms with van der Waals surface area (Å²) in [6.07, 6.45) is 0. The van der Waals surface area contributed by atoms with Gasteiger partial charge in [0.05, 0.1) is 10.1 Å². The molecule has 9 heteroatoms.